The molecular formula is C32H32NO7PS. The van der Waals surface area contributed by atoms with E-state index in [9.17, 15) is 9.46 Å². The molecule has 0 aliphatic carbocycles. The van der Waals surface area contributed by atoms with Crippen molar-refractivity contribution in [3.8, 4) is 17.2 Å². The second kappa shape index (κ2) is 14.4. The lowest BCUT2D eigenvalue weighted by Gasteiger charge is -2.26. The average molecular weight is 606 g/mol. The molecule has 0 aliphatic heterocycles. The van der Waals surface area contributed by atoms with Crippen LogP contribution in [-0.4, -0.2) is 25.9 Å². The Hall–Kier alpha value is -3.72. The maximum Gasteiger partial charge on any atom is 0.319 e. The molecule has 218 valence electrons. The van der Waals surface area contributed by atoms with Crippen molar-refractivity contribution >= 4 is 29.9 Å². The molecule has 5 aromatic rings. The number of thiazole rings is 1. The Balaban J connectivity index is 1.19. The summed E-state index contributed by atoms with van der Waals surface area (Å²) >= 11 is 1.58. The second-order valence-corrected chi connectivity index (χ2v) is 11.5. The van der Waals surface area contributed by atoms with E-state index in [1.165, 1.54) is 0 Å². The molecule has 42 heavy (non-hydrogen) atoms. The van der Waals surface area contributed by atoms with Crippen molar-refractivity contribution in [1.82, 2.24) is 0 Å². The second-order valence-electron chi connectivity index (χ2n) is 9.45. The van der Waals surface area contributed by atoms with Crippen LogP contribution >= 0.6 is 19.2 Å². The first-order valence-corrected chi connectivity index (χ1v) is 16.0. The Kier molecular flexibility index (Phi) is 10.2. The lowest BCUT2D eigenvalue weighted by atomic mass is 10.1. The molecule has 10 heteroatoms. The van der Waals surface area contributed by atoms with Gasteiger partial charge >= 0.3 is 7.82 Å². The van der Waals surface area contributed by atoms with E-state index in [0.717, 1.165) is 27.6 Å². The van der Waals surface area contributed by atoms with E-state index in [1.54, 1.807) is 29.5 Å². The molecule has 0 aliphatic rings. The monoisotopic (exact) mass is 605 g/mol. The highest BCUT2D eigenvalue weighted by atomic mass is 32.1. The Labute approximate surface area is 249 Å². The highest BCUT2D eigenvalue weighted by Crippen LogP contribution is 2.40. The third-order valence-electron chi connectivity index (χ3n) is 6.33. The number of benzene rings is 4. The van der Waals surface area contributed by atoms with Gasteiger partial charge in [0.15, 0.2) is 12.7 Å². The van der Waals surface area contributed by atoms with Crippen molar-refractivity contribution in [3.63, 3.8) is 0 Å². The maximum atomic E-state index is 12.7. The van der Waals surface area contributed by atoms with Crippen LogP contribution in [0.25, 0.3) is 10.8 Å². The molecule has 5 rings (SSSR count). The maximum absolute atomic E-state index is 12.7. The van der Waals surface area contributed by atoms with Crippen LogP contribution in [-0.2, 0) is 27.0 Å². The smallest absolute Gasteiger partial charge is 0.319 e. The first kappa shape index (κ1) is 29.8. The largest absolute Gasteiger partial charge is 0.746 e. The van der Waals surface area contributed by atoms with Crippen LogP contribution in [0.1, 0.15) is 18.1 Å². The minimum atomic E-state index is -4.66. The van der Waals surface area contributed by atoms with Gasteiger partial charge in [-0.25, -0.2) is 0 Å². The van der Waals surface area contributed by atoms with Crippen molar-refractivity contribution in [1.29, 1.82) is 0 Å². The van der Waals surface area contributed by atoms with E-state index in [-0.39, 0.29) is 19.0 Å². The number of hydrogen-bond donors (Lipinski definition) is 0. The molecular weight excluding hydrogens is 573 g/mol. The van der Waals surface area contributed by atoms with Crippen LogP contribution in [0.4, 0.5) is 0 Å². The summed E-state index contributed by atoms with van der Waals surface area (Å²) in [4.78, 5) is 12.7. The van der Waals surface area contributed by atoms with Gasteiger partial charge in [-0.15, -0.1) is 0 Å². The molecule has 0 fully saturated rings. The lowest BCUT2D eigenvalue weighted by Crippen LogP contribution is -2.30. The number of phosphoric ester groups is 1. The van der Waals surface area contributed by atoms with Crippen LogP contribution in [0, 0.1) is 0 Å². The minimum Gasteiger partial charge on any atom is -0.746 e. The van der Waals surface area contributed by atoms with Crippen molar-refractivity contribution < 1.29 is 37.3 Å². The predicted molar refractivity (Wildman–Crippen MR) is 160 cm³/mol. The topological polar surface area (TPSA) is 90.2 Å². The van der Waals surface area contributed by atoms with Crippen LogP contribution in [0.2, 0.25) is 0 Å². The Morgan fingerprint density at radius 3 is 2.29 bits per heavy atom. The van der Waals surface area contributed by atoms with Gasteiger partial charge in [-0.3, -0.25) is 4.57 Å². The molecule has 0 bridgehead atoms. The number of hydrogen-bond acceptors (Lipinski definition) is 8. The highest BCUT2D eigenvalue weighted by Gasteiger charge is 2.19. The van der Waals surface area contributed by atoms with Gasteiger partial charge in [0.05, 0.1) is 12.0 Å². The van der Waals surface area contributed by atoms with Crippen LogP contribution in [0.5, 0.6) is 17.2 Å². The van der Waals surface area contributed by atoms with E-state index in [4.69, 9.17) is 23.3 Å². The van der Waals surface area contributed by atoms with Crippen LogP contribution in [0.3, 0.4) is 0 Å². The van der Waals surface area contributed by atoms with E-state index in [2.05, 4.69) is 0 Å². The Morgan fingerprint density at radius 2 is 1.57 bits per heavy atom. The zero-order valence-corrected chi connectivity index (χ0v) is 24.9. The van der Waals surface area contributed by atoms with Gasteiger partial charge in [0.2, 0.25) is 5.51 Å². The number of rotatable bonds is 15. The minimum absolute atomic E-state index is 0.0788. The third-order valence-corrected chi connectivity index (χ3v) is 7.91. The van der Waals surface area contributed by atoms with Gasteiger partial charge in [-0.05, 0) is 36.8 Å². The summed E-state index contributed by atoms with van der Waals surface area (Å²) in [6, 6.07) is 28.4. The summed E-state index contributed by atoms with van der Waals surface area (Å²) in [5.74, 6) is 1.56. The van der Waals surface area contributed by atoms with Crippen molar-refractivity contribution in [2.24, 2.45) is 0 Å². The predicted octanol–water partition coefficient (Wildman–Crippen LogP) is 6.16. The van der Waals surface area contributed by atoms with Crippen molar-refractivity contribution in [3.05, 3.63) is 119 Å². The first-order chi connectivity index (χ1) is 20.5. The molecule has 0 radical (unpaired) electrons. The highest BCUT2D eigenvalue weighted by molar-refractivity contribution is 7.46. The van der Waals surface area contributed by atoms with E-state index in [0.29, 0.717) is 25.5 Å². The van der Waals surface area contributed by atoms with E-state index < -0.39 is 13.9 Å². The molecule has 1 heterocycles. The Bertz CT molecular complexity index is 1610. The van der Waals surface area contributed by atoms with Gasteiger partial charge in [0.1, 0.15) is 36.6 Å². The number of phosphoric acid groups is 1. The Morgan fingerprint density at radius 1 is 0.857 bits per heavy atom. The number of ether oxygens (including phenoxy) is 3. The van der Waals surface area contributed by atoms with Crippen molar-refractivity contribution in [2.45, 2.75) is 26.2 Å². The summed E-state index contributed by atoms with van der Waals surface area (Å²) in [5.41, 5.74) is 3.95. The van der Waals surface area contributed by atoms with E-state index in [1.807, 2.05) is 101 Å². The molecule has 0 N–H and O–H groups in total. The van der Waals surface area contributed by atoms with Crippen LogP contribution in [0.15, 0.2) is 108 Å². The van der Waals surface area contributed by atoms with Gasteiger partial charge in [-0.1, -0.05) is 78.1 Å². The summed E-state index contributed by atoms with van der Waals surface area (Å²) in [6.45, 7) is 3.06. The summed E-state index contributed by atoms with van der Waals surface area (Å²) in [6.07, 6.45) is 1.31. The van der Waals surface area contributed by atoms with Gasteiger partial charge < -0.3 is 28.2 Å². The number of fused-ring (bicyclic) bond motifs is 1. The fourth-order valence-corrected chi connectivity index (χ4v) is 5.76. The standard InChI is InChI=1S/C32H32NO7PS/c1-2-36-28(23-39-41(34,35)40-27-12-8-11-26(19-27)20-33-17-18-42-24-33)22-38-32-16-15-31(29-13-6-7-14-30(29)32)37-21-25-9-4-3-5-10-25/h3-19,24,28H,2,20-23H2,1H3. The molecule has 0 amide bonds. The molecule has 2 atom stereocenters. The number of nitrogens with zero attached hydrogens (tertiary/aromatic N) is 1. The quantitative estimate of drug-likeness (QED) is 0.104. The molecule has 1 aromatic heterocycles. The average Bonchev–Trinajstić information content (AvgIpc) is 3.51. The molecule has 2 unspecified atom stereocenters. The fraction of sp³-hybridized carbons (Fsp3) is 0.219. The van der Waals surface area contributed by atoms with Crippen LogP contribution < -0.4 is 23.5 Å². The first-order valence-electron chi connectivity index (χ1n) is 13.6. The lowest BCUT2D eigenvalue weighted by molar-refractivity contribution is -0.683. The van der Waals surface area contributed by atoms with Gasteiger partial charge in [0.25, 0.3) is 0 Å². The fourth-order valence-electron chi connectivity index (χ4n) is 4.39. The summed E-state index contributed by atoms with van der Waals surface area (Å²) in [7, 11) is -4.66. The van der Waals surface area contributed by atoms with Gasteiger partial charge in [-0.2, -0.15) is 4.57 Å². The zero-order valence-electron chi connectivity index (χ0n) is 23.2. The summed E-state index contributed by atoms with van der Waals surface area (Å²) < 4.78 is 43.0. The molecule has 0 saturated heterocycles. The number of aromatic nitrogens is 1. The molecule has 0 saturated carbocycles. The van der Waals surface area contributed by atoms with Crippen molar-refractivity contribution in [2.75, 3.05) is 19.8 Å². The molecule has 8 nitrogen and oxygen atoms in total. The SMILES string of the molecule is CCOC(COc1ccc(OCc2ccccc2)c2ccccc12)COP(=O)([O-])Oc1cccc(C[n+]2ccsc2)c1. The molecule has 0 spiro atoms. The van der Waals surface area contributed by atoms with E-state index >= 15 is 0 Å². The molecule has 4 aromatic carbocycles. The third kappa shape index (κ3) is 8.41. The summed E-state index contributed by atoms with van der Waals surface area (Å²) in [5, 5.41) is 3.75. The zero-order chi connectivity index (χ0) is 29.2. The normalized spacial score (nSPS) is 13.4. The van der Waals surface area contributed by atoms with Gasteiger partial charge in [0, 0.05) is 22.9 Å².